The van der Waals surface area contributed by atoms with Crippen LogP contribution >= 0.6 is 0 Å². The number of rotatable bonds is 13. The molecule has 0 bridgehead atoms. The zero-order valence-electron chi connectivity index (χ0n) is 17.7. The average Bonchev–Trinajstić information content (AvgIpc) is 2.64. The molecule has 12 nitrogen and oxygen atoms in total. The van der Waals surface area contributed by atoms with Crippen LogP contribution in [0.2, 0.25) is 0 Å². The monoisotopic (exact) mass is 431 g/mol. The molecule has 12 heteroatoms. The van der Waals surface area contributed by atoms with Crippen LogP contribution in [0.25, 0.3) is 0 Å². The van der Waals surface area contributed by atoms with Gasteiger partial charge >= 0.3 is 5.97 Å². The fourth-order valence-electron chi connectivity index (χ4n) is 2.46. The van der Waals surface area contributed by atoms with Crippen LogP contribution in [0.4, 0.5) is 0 Å². The Morgan fingerprint density at radius 2 is 1.33 bits per heavy atom. The molecule has 0 aromatic heterocycles. The quantitative estimate of drug-likeness (QED) is 0.164. The second-order valence-corrected chi connectivity index (χ2v) is 7.65. The number of carboxylic acid groups (broad SMARTS) is 1. The van der Waals surface area contributed by atoms with E-state index in [2.05, 4.69) is 16.0 Å². The SMILES string of the molecule is CC(C)C(NC(=O)C(NC(=O)C(CCC(N)=O)NC(=O)C(N)CO)C(C)C)C(=O)O. The number of hydrogen-bond donors (Lipinski definition) is 7. The number of nitrogens with one attached hydrogen (secondary N) is 3. The van der Waals surface area contributed by atoms with E-state index in [0.29, 0.717) is 0 Å². The summed E-state index contributed by atoms with van der Waals surface area (Å²) < 4.78 is 0. The molecule has 0 radical (unpaired) electrons. The number of carboxylic acids is 1. The van der Waals surface area contributed by atoms with Crippen LogP contribution in [0, 0.1) is 11.8 Å². The fourth-order valence-corrected chi connectivity index (χ4v) is 2.46. The maximum atomic E-state index is 12.7. The van der Waals surface area contributed by atoms with Gasteiger partial charge in [-0.1, -0.05) is 27.7 Å². The van der Waals surface area contributed by atoms with Gasteiger partial charge in [-0.05, 0) is 18.3 Å². The summed E-state index contributed by atoms with van der Waals surface area (Å²) in [5, 5.41) is 25.4. The standard InChI is InChI=1S/C18H33N5O7/c1-8(2)13(17(28)23-14(9(3)4)18(29)30)22-16(27)11(5-6-12(20)25)21-15(26)10(19)7-24/h8-11,13-14,24H,5-7,19H2,1-4H3,(H2,20,25)(H,21,26)(H,22,27)(H,23,28)(H,29,30). The summed E-state index contributed by atoms with van der Waals surface area (Å²) in [7, 11) is 0. The highest BCUT2D eigenvalue weighted by Gasteiger charge is 2.32. The van der Waals surface area contributed by atoms with Crippen LogP contribution in [0.1, 0.15) is 40.5 Å². The summed E-state index contributed by atoms with van der Waals surface area (Å²) in [6.45, 7) is 5.89. The number of nitrogens with two attached hydrogens (primary N) is 2. The van der Waals surface area contributed by atoms with Crippen molar-refractivity contribution in [3.63, 3.8) is 0 Å². The maximum Gasteiger partial charge on any atom is 0.326 e. The highest BCUT2D eigenvalue weighted by molar-refractivity contribution is 5.94. The summed E-state index contributed by atoms with van der Waals surface area (Å²) in [5.74, 6) is -5.02. The van der Waals surface area contributed by atoms with E-state index in [0.717, 1.165) is 0 Å². The smallest absolute Gasteiger partial charge is 0.326 e. The molecule has 0 aliphatic heterocycles. The molecule has 0 saturated carbocycles. The third kappa shape index (κ3) is 9.18. The number of aliphatic carboxylic acids is 1. The molecule has 172 valence electrons. The summed E-state index contributed by atoms with van der Waals surface area (Å²) >= 11 is 0. The van der Waals surface area contributed by atoms with Crippen molar-refractivity contribution in [1.29, 1.82) is 0 Å². The van der Waals surface area contributed by atoms with Crippen LogP contribution in [0.3, 0.4) is 0 Å². The molecule has 0 heterocycles. The first-order valence-corrected chi connectivity index (χ1v) is 9.60. The second kappa shape index (κ2) is 12.8. The largest absolute Gasteiger partial charge is 0.480 e. The van der Waals surface area contributed by atoms with Crippen molar-refractivity contribution in [2.24, 2.45) is 23.3 Å². The molecule has 0 aliphatic carbocycles. The van der Waals surface area contributed by atoms with E-state index in [1.165, 1.54) is 0 Å². The molecule has 4 atom stereocenters. The van der Waals surface area contributed by atoms with Crippen molar-refractivity contribution >= 4 is 29.6 Å². The Kier molecular flexibility index (Phi) is 11.6. The van der Waals surface area contributed by atoms with Crippen LogP contribution in [0.5, 0.6) is 0 Å². The van der Waals surface area contributed by atoms with E-state index in [1.54, 1.807) is 27.7 Å². The van der Waals surface area contributed by atoms with Crippen molar-refractivity contribution in [3.05, 3.63) is 0 Å². The van der Waals surface area contributed by atoms with Crippen LogP contribution in [0.15, 0.2) is 0 Å². The third-order valence-electron chi connectivity index (χ3n) is 4.32. The average molecular weight is 431 g/mol. The Balaban J connectivity index is 5.43. The van der Waals surface area contributed by atoms with Gasteiger partial charge in [0, 0.05) is 6.42 Å². The van der Waals surface area contributed by atoms with E-state index in [4.69, 9.17) is 16.6 Å². The van der Waals surface area contributed by atoms with Gasteiger partial charge in [0.25, 0.3) is 0 Å². The zero-order chi connectivity index (χ0) is 23.6. The molecule has 0 spiro atoms. The first-order chi connectivity index (χ1) is 13.8. The second-order valence-electron chi connectivity index (χ2n) is 7.65. The minimum Gasteiger partial charge on any atom is -0.480 e. The molecule has 9 N–H and O–H groups in total. The molecule has 0 aromatic rings. The van der Waals surface area contributed by atoms with Gasteiger partial charge in [0.2, 0.25) is 23.6 Å². The Labute approximate surface area is 175 Å². The van der Waals surface area contributed by atoms with E-state index >= 15 is 0 Å². The molecule has 4 amide bonds. The number of amides is 4. The van der Waals surface area contributed by atoms with Gasteiger partial charge in [0.15, 0.2) is 0 Å². The zero-order valence-corrected chi connectivity index (χ0v) is 17.7. The highest BCUT2D eigenvalue weighted by Crippen LogP contribution is 2.08. The normalized spacial score (nSPS) is 15.1. The lowest BCUT2D eigenvalue weighted by molar-refractivity contribution is -0.143. The van der Waals surface area contributed by atoms with Crippen LogP contribution < -0.4 is 27.4 Å². The van der Waals surface area contributed by atoms with Gasteiger partial charge in [-0.15, -0.1) is 0 Å². The predicted molar refractivity (Wildman–Crippen MR) is 107 cm³/mol. The van der Waals surface area contributed by atoms with Gasteiger partial charge < -0.3 is 37.6 Å². The minimum absolute atomic E-state index is 0.152. The molecule has 0 fully saturated rings. The van der Waals surface area contributed by atoms with Crippen LogP contribution in [-0.4, -0.2) is 70.6 Å². The number of carbonyl (C=O) groups is 5. The molecule has 0 aliphatic rings. The summed E-state index contributed by atoms with van der Waals surface area (Å²) in [6.07, 6.45) is -0.374. The fraction of sp³-hybridized carbons (Fsp3) is 0.722. The van der Waals surface area contributed by atoms with Gasteiger partial charge in [-0.25, -0.2) is 4.79 Å². The lowest BCUT2D eigenvalue weighted by atomic mass is 9.99. The van der Waals surface area contributed by atoms with Crippen molar-refractivity contribution in [3.8, 4) is 0 Å². The predicted octanol–water partition coefficient (Wildman–Crippen LogP) is -2.58. The minimum atomic E-state index is -1.28. The molecular formula is C18H33N5O7. The van der Waals surface area contributed by atoms with Gasteiger partial charge in [0.1, 0.15) is 24.2 Å². The molecule has 0 rings (SSSR count). The van der Waals surface area contributed by atoms with Crippen molar-refractivity contribution in [2.75, 3.05) is 6.61 Å². The molecule has 0 saturated heterocycles. The number of carbonyl (C=O) groups excluding carboxylic acids is 4. The van der Waals surface area contributed by atoms with Gasteiger partial charge in [-0.3, -0.25) is 19.2 Å². The molecule has 0 aromatic carbocycles. The number of primary amides is 1. The van der Waals surface area contributed by atoms with Gasteiger partial charge in [-0.2, -0.15) is 0 Å². The highest BCUT2D eigenvalue weighted by atomic mass is 16.4. The van der Waals surface area contributed by atoms with Crippen molar-refractivity contribution in [2.45, 2.75) is 64.7 Å². The van der Waals surface area contributed by atoms with Crippen molar-refractivity contribution in [1.82, 2.24) is 16.0 Å². The number of aliphatic hydroxyl groups excluding tert-OH is 1. The first-order valence-electron chi connectivity index (χ1n) is 9.60. The number of hydrogen-bond acceptors (Lipinski definition) is 7. The first kappa shape index (κ1) is 27.3. The third-order valence-corrected chi connectivity index (χ3v) is 4.32. The lowest BCUT2D eigenvalue weighted by Crippen LogP contribution is -2.59. The summed E-state index contributed by atoms with van der Waals surface area (Å²) in [5.41, 5.74) is 10.5. The summed E-state index contributed by atoms with van der Waals surface area (Å²) in [6, 6.07) is -4.77. The van der Waals surface area contributed by atoms with E-state index in [-0.39, 0.29) is 12.8 Å². The Hall–Kier alpha value is -2.73. The lowest BCUT2D eigenvalue weighted by Gasteiger charge is -2.27. The van der Waals surface area contributed by atoms with E-state index in [9.17, 15) is 29.1 Å². The summed E-state index contributed by atoms with van der Waals surface area (Å²) in [4.78, 5) is 59.7. The Bertz CT molecular complexity index is 638. The topological polar surface area (TPSA) is 214 Å². The Morgan fingerprint density at radius 3 is 1.73 bits per heavy atom. The molecular weight excluding hydrogens is 398 g/mol. The number of aliphatic hydroxyl groups is 1. The van der Waals surface area contributed by atoms with E-state index < -0.39 is 72.2 Å². The maximum absolute atomic E-state index is 12.7. The molecule has 30 heavy (non-hydrogen) atoms. The van der Waals surface area contributed by atoms with E-state index in [1.807, 2.05) is 0 Å². The van der Waals surface area contributed by atoms with Crippen molar-refractivity contribution < 1.29 is 34.2 Å². The van der Waals surface area contributed by atoms with Gasteiger partial charge in [0.05, 0.1) is 6.61 Å². The molecule has 4 unspecified atom stereocenters. The Morgan fingerprint density at radius 1 is 0.833 bits per heavy atom. The van der Waals surface area contributed by atoms with Crippen LogP contribution in [-0.2, 0) is 24.0 Å².